The van der Waals surface area contributed by atoms with Crippen LogP contribution in [0.5, 0.6) is 5.75 Å². The molecule has 0 fully saturated rings. The van der Waals surface area contributed by atoms with Gasteiger partial charge in [-0.25, -0.2) is 0 Å². The van der Waals surface area contributed by atoms with E-state index in [4.69, 9.17) is 0 Å². The normalized spacial score (nSPS) is 12.1. The van der Waals surface area contributed by atoms with E-state index in [2.05, 4.69) is 6.07 Å². The van der Waals surface area contributed by atoms with Crippen LogP contribution in [0.15, 0.2) is 78.9 Å². The number of hydrogen-bond donors (Lipinski definition) is 1. The van der Waals surface area contributed by atoms with E-state index in [1.807, 2.05) is 24.3 Å². The van der Waals surface area contributed by atoms with Crippen LogP contribution in [0.2, 0.25) is 0 Å². The molecule has 1 amide bonds. The first-order valence-electron chi connectivity index (χ1n) is 10.4. The molecule has 6 heteroatoms. The van der Waals surface area contributed by atoms with Gasteiger partial charge in [0.05, 0.1) is 17.2 Å². The number of aryl methyl sites for hydroxylation is 2. The minimum Gasteiger partial charge on any atom is -0.508 e. The zero-order chi connectivity index (χ0) is 22.2. The van der Waals surface area contributed by atoms with E-state index in [0.29, 0.717) is 11.3 Å². The molecule has 1 aliphatic carbocycles. The number of non-ortho nitro benzene ring substituents is 1. The zero-order valence-electron chi connectivity index (χ0n) is 17.2. The van der Waals surface area contributed by atoms with E-state index in [0.717, 1.165) is 18.2 Å². The molecular formula is C26H20N2O4. The van der Waals surface area contributed by atoms with Crippen LogP contribution in [0.4, 0.5) is 11.4 Å². The Balaban J connectivity index is 1.67. The number of benzene rings is 4. The number of amides is 1. The zero-order valence-corrected chi connectivity index (χ0v) is 17.2. The Labute approximate surface area is 184 Å². The van der Waals surface area contributed by atoms with Crippen molar-refractivity contribution in [2.24, 2.45) is 0 Å². The number of phenolic OH excluding ortho intramolecular Hbond substituents is 1. The summed E-state index contributed by atoms with van der Waals surface area (Å²) in [6, 6.07) is 22.7. The standard InChI is InChI=1S/C26H20N2O4/c29-24-10-2-1-5-20(24)16-27(26(30)19-7-3-8-21(15-19)28(31)32)23-14-13-18-12-11-17-6-4-9-22(23)25(17)18/h1-10,13-15,29H,11-12,16H2. The lowest BCUT2D eigenvalue weighted by Crippen LogP contribution is -2.30. The molecule has 0 radical (unpaired) electrons. The summed E-state index contributed by atoms with van der Waals surface area (Å²) in [5.41, 5.74) is 3.90. The number of para-hydroxylation sites is 1. The van der Waals surface area contributed by atoms with E-state index in [9.17, 15) is 20.0 Å². The highest BCUT2D eigenvalue weighted by molar-refractivity contribution is 6.12. The van der Waals surface area contributed by atoms with E-state index in [1.54, 1.807) is 35.2 Å². The lowest BCUT2D eigenvalue weighted by Gasteiger charge is -2.25. The molecule has 158 valence electrons. The summed E-state index contributed by atoms with van der Waals surface area (Å²) in [5.74, 6) is -0.272. The molecule has 5 rings (SSSR count). The lowest BCUT2D eigenvalue weighted by atomic mass is 10.0. The van der Waals surface area contributed by atoms with Crippen LogP contribution in [0, 0.1) is 10.1 Å². The highest BCUT2D eigenvalue weighted by Gasteiger charge is 2.25. The van der Waals surface area contributed by atoms with Crippen molar-refractivity contribution in [3.05, 3.63) is 111 Å². The number of rotatable bonds is 5. The Hall–Kier alpha value is -4.19. The molecule has 0 unspecified atom stereocenters. The molecule has 6 nitrogen and oxygen atoms in total. The van der Waals surface area contributed by atoms with Crippen molar-refractivity contribution >= 4 is 28.1 Å². The quantitative estimate of drug-likeness (QED) is 0.343. The topological polar surface area (TPSA) is 83.7 Å². The number of nitro groups is 1. The van der Waals surface area contributed by atoms with Crippen LogP contribution in [-0.2, 0) is 19.4 Å². The average molecular weight is 424 g/mol. The van der Waals surface area contributed by atoms with Crippen molar-refractivity contribution in [2.45, 2.75) is 19.4 Å². The predicted octanol–water partition coefficient (Wildman–Crippen LogP) is 5.40. The maximum atomic E-state index is 13.7. The number of carbonyl (C=O) groups excluding carboxylic acids is 1. The summed E-state index contributed by atoms with van der Waals surface area (Å²) in [7, 11) is 0. The van der Waals surface area contributed by atoms with Crippen molar-refractivity contribution in [2.75, 3.05) is 4.90 Å². The summed E-state index contributed by atoms with van der Waals surface area (Å²) < 4.78 is 0. The molecular weight excluding hydrogens is 404 g/mol. The molecule has 0 aliphatic heterocycles. The summed E-state index contributed by atoms with van der Waals surface area (Å²) in [5, 5.41) is 23.7. The first-order valence-corrected chi connectivity index (χ1v) is 10.4. The molecule has 1 N–H and O–H groups in total. The summed E-state index contributed by atoms with van der Waals surface area (Å²) in [6.07, 6.45) is 1.93. The molecule has 4 aromatic rings. The fourth-order valence-electron chi connectivity index (χ4n) is 4.46. The number of aromatic hydroxyl groups is 1. The molecule has 0 heterocycles. The van der Waals surface area contributed by atoms with Gasteiger partial charge >= 0.3 is 0 Å². The van der Waals surface area contributed by atoms with Crippen LogP contribution in [0.3, 0.4) is 0 Å². The molecule has 1 aliphatic rings. The monoisotopic (exact) mass is 424 g/mol. The fraction of sp³-hybridized carbons (Fsp3) is 0.115. The molecule has 32 heavy (non-hydrogen) atoms. The second kappa shape index (κ2) is 7.81. The minimum atomic E-state index is -0.511. The Morgan fingerprint density at radius 2 is 1.69 bits per heavy atom. The highest BCUT2D eigenvalue weighted by atomic mass is 16.6. The Bertz CT molecular complexity index is 1370. The molecule has 0 bridgehead atoms. The number of phenols is 1. The van der Waals surface area contributed by atoms with Gasteiger partial charge in [-0.2, -0.15) is 0 Å². The molecule has 0 aromatic heterocycles. The van der Waals surface area contributed by atoms with Crippen molar-refractivity contribution in [1.82, 2.24) is 0 Å². The van der Waals surface area contributed by atoms with Crippen molar-refractivity contribution in [3.8, 4) is 5.75 Å². The van der Waals surface area contributed by atoms with Gasteiger partial charge in [0.15, 0.2) is 0 Å². The summed E-state index contributed by atoms with van der Waals surface area (Å²) in [6.45, 7) is 0.132. The Morgan fingerprint density at radius 3 is 2.47 bits per heavy atom. The van der Waals surface area contributed by atoms with E-state index in [1.165, 1.54) is 34.7 Å². The molecule has 0 spiro atoms. The SMILES string of the molecule is O=C(c1cccc([N+](=O)[O-])c1)N(Cc1ccccc1O)c1ccc2c3c(cccc13)CC2. The highest BCUT2D eigenvalue weighted by Crippen LogP contribution is 2.38. The Morgan fingerprint density at radius 1 is 0.938 bits per heavy atom. The molecule has 4 aromatic carbocycles. The van der Waals surface area contributed by atoms with Crippen LogP contribution in [0.1, 0.15) is 27.0 Å². The number of anilines is 1. The lowest BCUT2D eigenvalue weighted by molar-refractivity contribution is -0.384. The van der Waals surface area contributed by atoms with E-state index in [-0.39, 0.29) is 29.5 Å². The van der Waals surface area contributed by atoms with Gasteiger partial charge in [0, 0.05) is 28.6 Å². The van der Waals surface area contributed by atoms with Crippen LogP contribution < -0.4 is 4.90 Å². The second-order valence-electron chi connectivity index (χ2n) is 7.91. The minimum absolute atomic E-state index is 0.0928. The molecule has 0 saturated carbocycles. The number of hydrogen-bond acceptors (Lipinski definition) is 4. The van der Waals surface area contributed by atoms with Gasteiger partial charge < -0.3 is 10.0 Å². The van der Waals surface area contributed by atoms with E-state index < -0.39 is 4.92 Å². The molecule has 0 atom stereocenters. The first kappa shape index (κ1) is 19.8. The molecule has 0 saturated heterocycles. The maximum Gasteiger partial charge on any atom is 0.270 e. The largest absolute Gasteiger partial charge is 0.508 e. The third-order valence-corrected chi connectivity index (χ3v) is 6.01. The smallest absolute Gasteiger partial charge is 0.270 e. The van der Waals surface area contributed by atoms with Gasteiger partial charge in [0.1, 0.15) is 5.75 Å². The average Bonchev–Trinajstić information content (AvgIpc) is 3.24. The van der Waals surface area contributed by atoms with Crippen molar-refractivity contribution in [1.29, 1.82) is 0 Å². The van der Waals surface area contributed by atoms with Crippen LogP contribution in [0.25, 0.3) is 10.8 Å². The summed E-state index contributed by atoms with van der Waals surface area (Å²) in [4.78, 5) is 26.0. The van der Waals surface area contributed by atoms with Crippen LogP contribution >= 0.6 is 0 Å². The van der Waals surface area contributed by atoms with Gasteiger partial charge in [0.2, 0.25) is 0 Å². The van der Waals surface area contributed by atoms with Crippen LogP contribution in [-0.4, -0.2) is 15.9 Å². The second-order valence-corrected chi connectivity index (χ2v) is 7.91. The fourth-order valence-corrected chi connectivity index (χ4v) is 4.46. The van der Waals surface area contributed by atoms with Crippen molar-refractivity contribution < 1.29 is 14.8 Å². The third kappa shape index (κ3) is 3.36. The summed E-state index contributed by atoms with van der Waals surface area (Å²) >= 11 is 0. The van der Waals surface area contributed by atoms with Gasteiger partial charge in [0.25, 0.3) is 11.6 Å². The van der Waals surface area contributed by atoms with Crippen molar-refractivity contribution in [3.63, 3.8) is 0 Å². The third-order valence-electron chi connectivity index (χ3n) is 6.01. The van der Waals surface area contributed by atoms with Gasteiger partial charge in [-0.15, -0.1) is 0 Å². The van der Waals surface area contributed by atoms with E-state index >= 15 is 0 Å². The number of nitrogens with zero attached hydrogens (tertiary/aromatic N) is 2. The Kier molecular flexibility index (Phi) is 4.82. The van der Waals surface area contributed by atoms with Gasteiger partial charge in [-0.3, -0.25) is 14.9 Å². The first-order chi connectivity index (χ1) is 15.5. The number of carbonyl (C=O) groups is 1. The maximum absolute atomic E-state index is 13.7. The predicted molar refractivity (Wildman–Crippen MR) is 123 cm³/mol. The van der Waals surface area contributed by atoms with Gasteiger partial charge in [-0.05, 0) is 47.6 Å². The number of nitro benzene ring substituents is 1. The van der Waals surface area contributed by atoms with Gasteiger partial charge in [-0.1, -0.05) is 48.5 Å².